The van der Waals surface area contributed by atoms with E-state index in [2.05, 4.69) is 6.92 Å². The first-order chi connectivity index (χ1) is 16.4. The van der Waals surface area contributed by atoms with Crippen LogP contribution in [0.3, 0.4) is 0 Å². The fourth-order valence-electron chi connectivity index (χ4n) is 3.22. The molecule has 178 valence electrons. The normalized spacial score (nSPS) is 11.4. The Kier molecular flexibility index (Phi) is 8.49. The average molecular weight is 480 g/mol. The van der Waals surface area contributed by atoms with Crippen LogP contribution in [0.25, 0.3) is 6.08 Å². The molecule has 0 atom stereocenters. The Morgan fingerprint density at radius 2 is 1.65 bits per heavy atom. The second-order valence-electron chi connectivity index (χ2n) is 7.69. The van der Waals surface area contributed by atoms with E-state index >= 15 is 0 Å². The van der Waals surface area contributed by atoms with E-state index in [4.69, 9.17) is 9.47 Å². The van der Waals surface area contributed by atoms with E-state index in [9.17, 15) is 13.2 Å². The lowest BCUT2D eigenvalue weighted by Crippen LogP contribution is -2.35. The molecule has 0 bridgehead atoms. The van der Waals surface area contributed by atoms with E-state index in [1.54, 1.807) is 30.3 Å². The first-order valence-electron chi connectivity index (χ1n) is 11.1. The van der Waals surface area contributed by atoms with Gasteiger partial charge in [-0.1, -0.05) is 49.2 Å². The molecule has 0 radical (unpaired) electrons. The van der Waals surface area contributed by atoms with Crippen molar-refractivity contribution in [1.29, 1.82) is 0 Å². The van der Waals surface area contributed by atoms with Crippen LogP contribution in [0.2, 0.25) is 0 Å². The van der Waals surface area contributed by atoms with Gasteiger partial charge in [-0.25, -0.2) is 8.42 Å². The number of methoxy groups -OCH3 is 1. The van der Waals surface area contributed by atoms with Crippen molar-refractivity contribution in [3.8, 4) is 11.5 Å². The van der Waals surface area contributed by atoms with E-state index in [-0.39, 0.29) is 10.6 Å². The van der Waals surface area contributed by atoms with Gasteiger partial charge in [-0.15, -0.1) is 0 Å². The molecule has 0 unspecified atom stereocenters. The highest BCUT2D eigenvalue weighted by Gasteiger charge is 2.29. The number of hydrogen-bond acceptors (Lipinski definition) is 5. The Hall–Kier alpha value is -3.58. The monoisotopic (exact) mass is 479 g/mol. The van der Waals surface area contributed by atoms with E-state index in [1.165, 1.54) is 37.5 Å². The van der Waals surface area contributed by atoms with Gasteiger partial charge in [0.05, 0.1) is 24.3 Å². The summed E-state index contributed by atoms with van der Waals surface area (Å²) in [5, 5.41) is 0. The molecule has 3 aromatic rings. The number of sulfonamides is 1. The van der Waals surface area contributed by atoms with Gasteiger partial charge in [0, 0.05) is 11.6 Å². The summed E-state index contributed by atoms with van der Waals surface area (Å²) in [6, 6.07) is 20.0. The van der Waals surface area contributed by atoms with E-state index < -0.39 is 15.9 Å². The number of carbonyl (C=O) groups excluding carboxylic acids is 1. The fourth-order valence-corrected chi connectivity index (χ4v) is 4.61. The van der Waals surface area contributed by atoms with Gasteiger partial charge in [0.1, 0.15) is 11.5 Å². The fraction of sp³-hybridized carbons (Fsp3) is 0.222. The summed E-state index contributed by atoms with van der Waals surface area (Å²) in [5.41, 5.74) is 1.82. The first kappa shape index (κ1) is 25.1. The number of para-hydroxylation sites is 1. The number of benzene rings is 3. The lowest BCUT2D eigenvalue weighted by atomic mass is 10.2. The van der Waals surface area contributed by atoms with Crippen molar-refractivity contribution in [2.75, 3.05) is 18.0 Å². The summed E-state index contributed by atoms with van der Waals surface area (Å²) in [5.74, 6) is 0.490. The Bertz CT molecular complexity index is 1230. The summed E-state index contributed by atoms with van der Waals surface area (Å²) in [6.07, 6.45) is 4.74. The molecule has 3 aromatic carbocycles. The predicted molar refractivity (Wildman–Crippen MR) is 135 cm³/mol. The molecule has 0 fully saturated rings. The largest absolute Gasteiger partial charge is 0.497 e. The number of nitrogens with zero attached hydrogens (tertiary/aromatic N) is 1. The first-order valence-corrected chi connectivity index (χ1v) is 12.5. The van der Waals surface area contributed by atoms with Gasteiger partial charge in [-0.05, 0) is 61.9 Å². The smallest absolute Gasteiger partial charge is 0.271 e. The number of anilines is 1. The molecule has 1 amide bonds. The van der Waals surface area contributed by atoms with E-state index in [0.29, 0.717) is 23.7 Å². The zero-order chi connectivity index (χ0) is 24.6. The predicted octanol–water partition coefficient (Wildman–Crippen LogP) is 5.62. The minimum Gasteiger partial charge on any atom is -0.497 e. The lowest BCUT2D eigenvalue weighted by molar-refractivity contribution is -0.113. The molecule has 0 saturated carbocycles. The summed E-state index contributed by atoms with van der Waals surface area (Å²) < 4.78 is 38.8. The molecule has 0 spiro atoms. The van der Waals surface area contributed by atoms with Crippen molar-refractivity contribution in [3.63, 3.8) is 0 Å². The number of aryl methyl sites for hydroxylation is 1. The minimum atomic E-state index is -4.16. The highest BCUT2D eigenvalue weighted by Crippen LogP contribution is 2.27. The third kappa shape index (κ3) is 6.05. The van der Waals surface area contributed by atoms with Gasteiger partial charge >= 0.3 is 0 Å². The van der Waals surface area contributed by atoms with Gasteiger partial charge in [0.2, 0.25) is 0 Å². The van der Waals surface area contributed by atoms with Gasteiger partial charge in [0.25, 0.3) is 15.9 Å². The van der Waals surface area contributed by atoms with Gasteiger partial charge < -0.3 is 9.47 Å². The minimum absolute atomic E-state index is 0.0268. The van der Waals surface area contributed by atoms with Gasteiger partial charge in [-0.3, -0.25) is 4.79 Å². The van der Waals surface area contributed by atoms with Crippen molar-refractivity contribution < 1.29 is 22.7 Å². The Balaban J connectivity index is 1.98. The molecule has 0 heterocycles. The molecule has 0 N–H and O–H groups in total. The Labute approximate surface area is 201 Å². The van der Waals surface area contributed by atoms with Crippen LogP contribution in [-0.2, 0) is 14.8 Å². The summed E-state index contributed by atoms with van der Waals surface area (Å²) in [4.78, 5) is 13.3. The van der Waals surface area contributed by atoms with Crippen LogP contribution in [0.1, 0.15) is 30.9 Å². The van der Waals surface area contributed by atoms with Crippen LogP contribution in [0.5, 0.6) is 11.5 Å². The third-order valence-electron chi connectivity index (χ3n) is 5.15. The maximum absolute atomic E-state index is 13.5. The van der Waals surface area contributed by atoms with Crippen molar-refractivity contribution >= 4 is 27.7 Å². The molecule has 6 nitrogen and oxygen atoms in total. The number of rotatable bonds is 10. The third-order valence-corrected chi connectivity index (χ3v) is 6.89. The molecule has 0 aliphatic heterocycles. The molecular formula is C27H29NO5S. The van der Waals surface area contributed by atoms with Crippen LogP contribution in [0.15, 0.2) is 83.8 Å². The van der Waals surface area contributed by atoms with Crippen molar-refractivity contribution in [3.05, 3.63) is 90.0 Å². The van der Waals surface area contributed by atoms with Crippen LogP contribution >= 0.6 is 0 Å². The molecule has 0 aliphatic rings. The van der Waals surface area contributed by atoms with E-state index in [1.807, 2.05) is 31.2 Å². The number of amides is 1. The summed E-state index contributed by atoms with van der Waals surface area (Å²) in [7, 11) is -2.64. The van der Waals surface area contributed by atoms with Crippen molar-refractivity contribution in [2.24, 2.45) is 0 Å². The highest BCUT2D eigenvalue weighted by atomic mass is 32.2. The van der Waals surface area contributed by atoms with Crippen LogP contribution in [-0.4, -0.2) is 28.0 Å². The zero-order valence-electron chi connectivity index (χ0n) is 19.6. The lowest BCUT2D eigenvalue weighted by Gasteiger charge is -2.22. The Morgan fingerprint density at radius 3 is 2.29 bits per heavy atom. The molecule has 34 heavy (non-hydrogen) atoms. The van der Waals surface area contributed by atoms with Gasteiger partial charge in [0.15, 0.2) is 0 Å². The molecule has 0 aliphatic carbocycles. The SMILES string of the molecule is CCCCOc1ccccc1/C=C/C(=O)N(c1ccc(OC)cc1)S(=O)(=O)c1ccc(C)cc1. The Morgan fingerprint density at radius 1 is 0.971 bits per heavy atom. The average Bonchev–Trinajstić information content (AvgIpc) is 2.84. The summed E-state index contributed by atoms with van der Waals surface area (Å²) in [6.45, 7) is 4.51. The van der Waals surface area contributed by atoms with Crippen LogP contribution < -0.4 is 13.8 Å². The van der Waals surface area contributed by atoms with Gasteiger partial charge in [-0.2, -0.15) is 4.31 Å². The quantitative estimate of drug-likeness (QED) is 0.279. The maximum atomic E-state index is 13.5. The summed E-state index contributed by atoms with van der Waals surface area (Å²) >= 11 is 0. The number of unbranched alkanes of at least 4 members (excludes halogenated alkanes) is 1. The highest BCUT2D eigenvalue weighted by molar-refractivity contribution is 7.93. The van der Waals surface area contributed by atoms with Crippen LogP contribution in [0.4, 0.5) is 5.69 Å². The number of ether oxygens (including phenoxy) is 2. The second-order valence-corrected chi connectivity index (χ2v) is 9.48. The molecule has 3 rings (SSSR count). The van der Waals surface area contributed by atoms with Crippen molar-refractivity contribution in [1.82, 2.24) is 0 Å². The van der Waals surface area contributed by atoms with Crippen molar-refractivity contribution in [2.45, 2.75) is 31.6 Å². The zero-order valence-corrected chi connectivity index (χ0v) is 20.4. The molecule has 7 heteroatoms. The standard InChI is InChI=1S/C27H29NO5S/c1-4-5-20-33-26-9-7-6-8-22(26)12-19-27(29)28(23-13-15-24(32-3)16-14-23)34(30,31)25-17-10-21(2)11-18-25/h6-19H,4-5,20H2,1-3H3/b19-12+. The second kappa shape index (κ2) is 11.5. The number of hydrogen-bond donors (Lipinski definition) is 0. The van der Waals surface area contributed by atoms with E-state index in [0.717, 1.165) is 22.7 Å². The molecular weight excluding hydrogens is 450 g/mol. The number of carbonyl (C=O) groups is 1. The van der Waals surface area contributed by atoms with Crippen LogP contribution in [0, 0.1) is 6.92 Å². The molecule has 0 aromatic heterocycles. The topological polar surface area (TPSA) is 72.9 Å². The molecule has 0 saturated heterocycles. The maximum Gasteiger partial charge on any atom is 0.271 e.